The third kappa shape index (κ3) is 2.72. The summed E-state index contributed by atoms with van der Waals surface area (Å²) in [7, 11) is 0. The molecule has 21 heavy (non-hydrogen) atoms. The summed E-state index contributed by atoms with van der Waals surface area (Å²) >= 11 is 0. The summed E-state index contributed by atoms with van der Waals surface area (Å²) in [6.45, 7) is 0.428. The number of aromatic nitrogens is 2. The van der Waals surface area contributed by atoms with Gasteiger partial charge in [0.05, 0.1) is 6.54 Å². The van der Waals surface area contributed by atoms with Crippen LogP contribution < -0.4 is 5.56 Å². The third-order valence-electron chi connectivity index (χ3n) is 3.97. The summed E-state index contributed by atoms with van der Waals surface area (Å²) in [5.41, 5.74) is 2.20. The van der Waals surface area contributed by atoms with E-state index in [1.54, 1.807) is 0 Å². The van der Waals surface area contributed by atoms with Crippen molar-refractivity contribution >= 4 is 5.97 Å². The summed E-state index contributed by atoms with van der Waals surface area (Å²) in [6, 6.07) is 10.7. The average Bonchev–Trinajstić information content (AvgIpc) is 2.49. The summed E-state index contributed by atoms with van der Waals surface area (Å²) in [4.78, 5) is 22.9. The number of fused-ring (bicyclic) bond motifs is 1. The third-order valence-corrected chi connectivity index (χ3v) is 3.97. The van der Waals surface area contributed by atoms with Crippen LogP contribution in [-0.2, 0) is 13.0 Å². The van der Waals surface area contributed by atoms with Crippen molar-refractivity contribution in [2.75, 3.05) is 0 Å². The van der Waals surface area contributed by atoms with Gasteiger partial charge in [-0.2, -0.15) is 5.10 Å². The number of nitrogens with zero attached hydrogens (tertiary/aromatic N) is 2. The Balaban J connectivity index is 1.93. The van der Waals surface area contributed by atoms with Gasteiger partial charge in [0.15, 0.2) is 5.69 Å². The van der Waals surface area contributed by atoms with Crippen molar-refractivity contribution in [2.24, 2.45) is 0 Å². The molecular weight excluding hydrogens is 268 g/mol. The molecule has 1 unspecified atom stereocenters. The first-order chi connectivity index (χ1) is 10.1. The van der Waals surface area contributed by atoms with Crippen LogP contribution in [-0.4, -0.2) is 20.9 Å². The Labute approximate surface area is 121 Å². The molecule has 0 aliphatic heterocycles. The molecule has 1 atom stereocenters. The van der Waals surface area contributed by atoms with Gasteiger partial charge in [0, 0.05) is 12.0 Å². The Morgan fingerprint density at radius 2 is 2.10 bits per heavy atom. The molecule has 0 saturated heterocycles. The SMILES string of the molecule is O=C(O)c1ccc(=O)n(CC2CCCc3ccccc32)n1. The van der Waals surface area contributed by atoms with Crippen LogP contribution in [0.15, 0.2) is 41.2 Å². The number of aromatic carboxylic acids is 1. The topological polar surface area (TPSA) is 72.2 Å². The number of carbonyl (C=O) groups is 1. The van der Waals surface area contributed by atoms with Gasteiger partial charge in [-0.3, -0.25) is 4.79 Å². The molecule has 5 heteroatoms. The largest absolute Gasteiger partial charge is 0.476 e. The molecule has 108 valence electrons. The summed E-state index contributed by atoms with van der Waals surface area (Å²) in [5, 5.41) is 12.9. The van der Waals surface area contributed by atoms with E-state index in [9.17, 15) is 9.59 Å². The Morgan fingerprint density at radius 3 is 2.90 bits per heavy atom. The maximum absolute atomic E-state index is 11.9. The molecule has 0 spiro atoms. The highest BCUT2D eigenvalue weighted by atomic mass is 16.4. The van der Waals surface area contributed by atoms with Crippen molar-refractivity contribution in [1.29, 1.82) is 0 Å². The molecule has 3 rings (SSSR count). The lowest BCUT2D eigenvalue weighted by atomic mass is 9.83. The number of carboxylic acid groups (broad SMARTS) is 1. The van der Waals surface area contributed by atoms with E-state index in [-0.39, 0.29) is 17.2 Å². The standard InChI is InChI=1S/C16H16N2O3/c19-15-9-8-14(16(20)21)17-18(15)10-12-6-3-5-11-4-1-2-7-13(11)12/h1-2,4,7-9,12H,3,5-6,10H2,(H,20,21). The van der Waals surface area contributed by atoms with Crippen LogP contribution in [0, 0.1) is 0 Å². The summed E-state index contributed by atoms with van der Waals surface area (Å²) in [6.07, 6.45) is 3.13. The van der Waals surface area contributed by atoms with Gasteiger partial charge in [0.1, 0.15) is 0 Å². The molecule has 5 nitrogen and oxygen atoms in total. The lowest BCUT2D eigenvalue weighted by molar-refractivity contribution is 0.0687. The van der Waals surface area contributed by atoms with Gasteiger partial charge in [-0.25, -0.2) is 9.48 Å². The lowest BCUT2D eigenvalue weighted by Crippen LogP contribution is -2.28. The second kappa shape index (κ2) is 5.52. The van der Waals surface area contributed by atoms with Gasteiger partial charge >= 0.3 is 5.97 Å². The normalized spacial score (nSPS) is 17.2. The summed E-state index contributed by atoms with van der Waals surface area (Å²) in [5.74, 6) is -0.906. The van der Waals surface area contributed by atoms with Crippen LogP contribution in [0.2, 0.25) is 0 Å². The van der Waals surface area contributed by atoms with Crippen LogP contribution >= 0.6 is 0 Å². The second-order valence-electron chi connectivity index (χ2n) is 5.33. The molecule has 1 aliphatic rings. The maximum atomic E-state index is 11.9. The van der Waals surface area contributed by atoms with Crippen molar-refractivity contribution in [3.05, 3.63) is 63.6 Å². The predicted octanol–water partition coefficient (Wildman–Crippen LogP) is 2.06. The lowest BCUT2D eigenvalue weighted by Gasteiger charge is -2.25. The number of hydrogen-bond acceptors (Lipinski definition) is 3. The Bertz CT molecular complexity index is 736. The first-order valence-corrected chi connectivity index (χ1v) is 7.04. The van der Waals surface area contributed by atoms with Crippen molar-refractivity contribution in [1.82, 2.24) is 9.78 Å². The minimum atomic E-state index is -1.12. The zero-order chi connectivity index (χ0) is 14.8. The van der Waals surface area contributed by atoms with Crippen LogP contribution in [0.3, 0.4) is 0 Å². The first-order valence-electron chi connectivity index (χ1n) is 7.04. The number of hydrogen-bond donors (Lipinski definition) is 1. The van der Waals surface area contributed by atoms with Crippen LogP contribution in [0.4, 0.5) is 0 Å². The van der Waals surface area contributed by atoms with E-state index in [0.29, 0.717) is 6.54 Å². The van der Waals surface area contributed by atoms with Crippen molar-refractivity contribution < 1.29 is 9.90 Å². The van der Waals surface area contributed by atoms with Crippen LogP contribution in [0.5, 0.6) is 0 Å². The van der Waals surface area contributed by atoms with E-state index in [2.05, 4.69) is 17.2 Å². The Hall–Kier alpha value is -2.43. The minimum absolute atomic E-state index is 0.0984. The van der Waals surface area contributed by atoms with Gasteiger partial charge in [-0.1, -0.05) is 24.3 Å². The van der Waals surface area contributed by atoms with Crippen LogP contribution in [0.25, 0.3) is 0 Å². The fourth-order valence-electron chi connectivity index (χ4n) is 2.95. The maximum Gasteiger partial charge on any atom is 0.356 e. The highest BCUT2D eigenvalue weighted by molar-refractivity contribution is 5.84. The highest BCUT2D eigenvalue weighted by Gasteiger charge is 2.21. The molecule has 1 aromatic heterocycles. The molecule has 0 amide bonds. The molecule has 0 fully saturated rings. The van der Waals surface area contributed by atoms with E-state index in [0.717, 1.165) is 19.3 Å². The molecule has 2 aromatic rings. The molecule has 0 bridgehead atoms. The smallest absolute Gasteiger partial charge is 0.356 e. The van der Waals surface area contributed by atoms with Crippen molar-refractivity contribution in [3.63, 3.8) is 0 Å². The quantitative estimate of drug-likeness (QED) is 0.936. The molecule has 1 aliphatic carbocycles. The number of carboxylic acids is 1. The van der Waals surface area contributed by atoms with Gasteiger partial charge < -0.3 is 5.11 Å². The fraction of sp³-hybridized carbons (Fsp3) is 0.312. The zero-order valence-electron chi connectivity index (χ0n) is 11.5. The molecule has 1 N–H and O–H groups in total. The van der Waals surface area contributed by atoms with Gasteiger partial charge in [0.2, 0.25) is 0 Å². The molecule has 0 saturated carbocycles. The predicted molar refractivity (Wildman–Crippen MR) is 77.6 cm³/mol. The molecule has 1 aromatic carbocycles. The molecule has 0 radical (unpaired) electrons. The van der Waals surface area contributed by atoms with Gasteiger partial charge in [-0.05, 0) is 36.5 Å². The van der Waals surface area contributed by atoms with Gasteiger partial charge in [-0.15, -0.1) is 0 Å². The summed E-state index contributed by atoms with van der Waals surface area (Å²) < 4.78 is 1.27. The highest BCUT2D eigenvalue weighted by Crippen LogP contribution is 2.32. The van der Waals surface area contributed by atoms with E-state index >= 15 is 0 Å². The average molecular weight is 284 g/mol. The molecule has 1 heterocycles. The Morgan fingerprint density at radius 1 is 1.29 bits per heavy atom. The number of rotatable bonds is 3. The van der Waals surface area contributed by atoms with E-state index < -0.39 is 5.97 Å². The fourth-order valence-corrected chi connectivity index (χ4v) is 2.95. The van der Waals surface area contributed by atoms with Gasteiger partial charge in [0.25, 0.3) is 5.56 Å². The monoisotopic (exact) mass is 284 g/mol. The Kier molecular flexibility index (Phi) is 3.56. The number of aryl methyl sites for hydroxylation is 1. The first kappa shape index (κ1) is 13.5. The van der Waals surface area contributed by atoms with E-state index in [1.807, 2.05) is 12.1 Å². The van der Waals surface area contributed by atoms with E-state index in [1.165, 1.54) is 27.9 Å². The van der Waals surface area contributed by atoms with Crippen molar-refractivity contribution in [3.8, 4) is 0 Å². The zero-order valence-corrected chi connectivity index (χ0v) is 11.5. The van der Waals surface area contributed by atoms with E-state index in [4.69, 9.17) is 5.11 Å². The molecular formula is C16H16N2O3. The van der Waals surface area contributed by atoms with Crippen LogP contribution in [0.1, 0.15) is 40.4 Å². The second-order valence-corrected chi connectivity index (χ2v) is 5.33. The number of benzene rings is 1. The minimum Gasteiger partial charge on any atom is -0.476 e. The van der Waals surface area contributed by atoms with Crippen molar-refractivity contribution in [2.45, 2.75) is 31.7 Å².